The van der Waals surface area contributed by atoms with Crippen molar-refractivity contribution in [1.29, 1.82) is 0 Å². The van der Waals surface area contributed by atoms with Crippen LogP contribution in [-0.4, -0.2) is 52.1 Å². The first-order valence-electron chi connectivity index (χ1n) is 7.55. The second-order valence-electron chi connectivity index (χ2n) is 5.66. The van der Waals surface area contributed by atoms with Crippen molar-refractivity contribution in [2.45, 2.75) is 5.92 Å². The van der Waals surface area contributed by atoms with Gasteiger partial charge in [-0.05, 0) is 11.6 Å². The molecule has 28 heavy (non-hydrogen) atoms. The Kier molecular flexibility index (Phi) is 6.09. The molecule has 2 rings (SSSR count). The summed E-state index contributed by atoms with van der Waals surface area (Å²) in [6, 6.07) is 7.31. The summed E-state index contributed by atoms with van der Waals surface area (Å²) in [5.41, 5.74) is -0.799. The van der Waals surface area contributed by atoms with Crippen LogP contribution in [0.5, 0.6) is 0 Å². The Bertz CT molecular complexity index is 1070. The summed E-state index contributed by atoms with van der Waals surface area (Å²) in [5, 5.41) is 0. The number of hydrogen-bond donors (Lipinski definition) is 2. The lowest BCUT2D eigenvalue weighted by atomic mass is 9.80. The number of benzene rings is 1. The Morgan fingerprint density at radius 1 is 0.929 bits per heavy atom. The fraction of sp³-hybridized carbons (Fsp3) is 0.250. The van der Waals surface area contributed by atoms with Crippen molar-refractivity contribution in [2.24, 2.45) is 5.92 Å². The highest BCUT2D eigenvalue weighted by Gasteiger charge is 2.49. The average Bonchev–Trinajstić information content (AvgIpc) is 2.64. The first-order chi connectivity index (χ1) is 12.9. The van der Waals surface area contributed by atoms with E-state index in [-0.39, 0.29) is 5.56 Å². The topological polar surface area (TPSA) is 161 Å². The van der Waals surface area contributed by atoms with Gasteiger partial charge < -0.3 is 9.47 Å². The van der Waals surface area contributed by atoms with E-state index in [9.17, 15) is 35.5 Å². The summed E-state index contributed by atoms with van der Waals surface area (Å²) in [6.07, 6.45) is 0.557. The minimum atomic E-state index is -5.19. The van der Waals surface area contributed by atoms with Gasteiger partial charge in [0.2, 0.25) is 0 Å². The number of allylic oxidation sites excluding steroid dienone is 1. The van der Waals surface area contributed by atoms with Crippen LogP contribution in [0.4, 0.5) is 0 Å². The molecule has 0 radical (unpaired) electrons. The fourth-order valence-electron chi connectivity index (χ4n) is 2.98. The molecule has 2 unspecified atom stereocenters. The number of carbonyl (C=O) groups excluding carboxylic acids is 2. The minimum absolute atomic E-state index is 0.117. The van der Waals surface area contributed by atoms with E-state index in [1.165, 1.54) is 24.3 Å². The number of methoxy groups -OCH3 is 2. The molecule has 152 valence electrons. The highest BCUT2D eigenvalue weighted by atomic mass is 32.2. The van der Waals surface area contributed by atoms with Crippen LogP contribution in [0.1, 0.15) is 11.5 Å². The molecule has 0 saturated heterocycles. The van der Waals surface area contributed by atoms with Crippen LogP contribution >= 0.6 is 0 Å². The van der Waals surface area contributed by atoms with Crippen molar-refractivity contribution in [3.63, 3.8) is 0 Å². The van der Waals surface area contributed by atoms with Crippen LogP contribution in [0.3, 0.4) is 0 Å². The third-order valence-corrected chi connectivity index (χ3v) is 6.07. The zero-order chi connectivity index (χ0) is 21.3. The van der Waals surface area contributed by atoms with Crippen molar-refractivity contribution in [2.75, 3.05) is 14.2 Å². The zero-order valence-electron chi connectivity index (χ0n) is 14.6. The van der Waals surface area contributed by atoms with Crippen LogP contribution in [-0.2, 0) is 39.3 Å². The lowest BCUT2D eigenvalue weighted by molar-refractivity contribution is -0.144. The van der Waals surface area contributed by atoms with Crippen LogP contribution in [0.2, 0.25) is 0 Å². The molecule has 0 amide bonds. The number of hydrogen-bond acceptors (Lipinski definition) is 8. The molecular weight excluding hydrogens is 416 g/mol. The summed E-state index contributed by atoms with van der Waals surface area (Å²) < 4.78 is 76.4. The van der Waals surface area contributed by atoms with Gasteiger partial charge in [0.1, 0.15) is 10.8 Å². The summed E-state index contributed by atoms with van der Waals surface area (Å²) in [4.78, 5) is 22.6. The zero-order valence-corrected chi connectivity index (χ0v) is 16.2. The third-order valence-electron chi connectivity index (χ3n) is 4.07. The summed E-state index contributed by atoms with van der Waals surface area (Å²) >= 11 is 0. The SMILES string of the molecule is COC(=O)C1=C(S(=O)(=O)O)C(C(=O)OC)C(c2ccccc2)C(S(=O)(=O)O)=C1. The molecule has 1 aliphatic rings. The molecule has 1 aliphatic carbocycles. The molecule has 1 aromatic carbocycles. The van der Waals surface area contributed by atoms with Crippen molar-refractivity contribution in [1.82, 2.24) is 0 Å². The van der Waals surface area contributed by atoms with Gasteiger partial charge >= 0.3 is 11.9 Å². The van der Waals surface area contributed by atoms with Crippen LogP contribution in [0.25, 0.3) is 0 Å². The van der Waals surface area contributed by atoms with Gasteiger partial charge in [-0.3, -0.25) is 13.9 Å². The van der Waals surface area contributed by atoms with Gasteiger partial charge in [-0.15, -0.1) is 0 Å². The summed E-state index contributed by atoms with van der Waals surface area (Å²) in [7, 11) is -8.40. The van der Waals surface area contributed by atoms with Gasteiger partial charge in [-0.1, -0.05) is 30.3 Å². The minimum Gasteiger partial charge on any atom is -0.469 e. The lowest BCUT2D eigenvalue weighted by Crippen LogP contribution is -2.36. The fourth-order valence-corrected chi connectivity index (χ4v) is 4.81. The number of ether oxygens (including phenoxy) is 2. The Labute approximate surface area is 161 Å². The van der Waals surface area contributed by atoms with E-state index >= 15 is 0 Å². The third kappa shape index (κ3) is 4.14. The maximum atomic E-state index is 12.4. The van der Waals surface area contributed by atoms with Crippen LogP contribution < -0.4 is 0 Å². The van der Waals surface area contributed by atoms with Gasteiger partial charge in [-0.2, -0.15) is 16.8 Å². The molecule has 0 spiro atoms. The smallest absolute Gasteiger partial charge is 0.338 e. The Morgan fingerprint density at radius 3 is 1.93 bits per heavy atom. The summed E-state index contributed by atoms with van der Waals surface area (Å²) in [5.74, 6) is -6.15. The highest BCUT2D eigenvalue weighted by molar-refractivity contribution is 7.90. The van der Waals surface area contributed by atoms with Gasteiger partial charge in [0, 0.05) is 5.92 Å². The second-order valence-corrected chi connectivity index (χ2v) is 8.47. The molecular formula is C16H16O10S2. The number of esters is 2. The predicted octanol–water partition coefficient (Wildman–Crippen LogP) is 0.660. The van der Waals surface area contributed by atoms with Crippen LogP contribution in [0, 0.1) is 5.92 Å². The van der Waals surface area contributed by atoms with Gasteiger partial charge in [0.25, 0.3) is 20.2 Å². The van der Waals surface area contributed by atoms with E-state index in [0.29, 0.717) is 6.08 Å². The van der Waals surface area contributed by atoms with Crippen LogP contribution in [0.15, 0.2) is 51.8 Å². The monoisotopic (exact) mass is 432 g/mol. The standard InChI is InChI=1S/C16H16O10S2/c1-25-15(17)10-8-11(27(19,20)21)12(9-6-4-3-5-7-9)13(16(18)26-2)14(10)28(22,23)24/h3-8,12-13H,1-2H3,(H,19,20,21)(H,22,23,24). The van der Waals surface area contributed by atoms with E-state index in [1.54, 1.807) is 6.07 Å². The molecule has 0 aliphatic heterocycles. The Balaban J connectivity index is 3.01. The average molecular weight is 432 g/mol. The first-order valence-corrected chi connectivity index (χ1v) is 10.4. The Hall–Kier alpha value is -2.54. The molecule has 0 saturated carbocycles. The maximum Gasteiger partial charge on any atom is 0.338 e. The number of carbonyl (C=O) groups is 2. The van der Waals surface area contributed by atoms with Crippen molar-refractivity contribution >= 4 is 32.2 Å². The molecule has 0 aromatic heterocycles. The van der Waals surface area contributed by atoms with Gasteiger partial charge in [0.05, 0.1) is 24.7 Å². The quantitative estimate of drug-likeness (QED) is 0.499. The Morgan fingerprint density at radius 2 is 1.50 bits per heavy atom. The van der Waals surface area contributed by atoms with Crippen molar-refractivity contribution in [3.05, 3.63) is 57.4 Å². The predicted molar refractivity (Wildman–Crippen MR) is 94.9 cm³/mol. The molecule has 10 nitrogen and oxygen atoms in total. The molecule has 12 heteroatoms. The largest absolute Gasteiger partial charge is 0.469 e. The maximum absolute atomic E-state index is 12.4. The molecule has 0 heterocycles. The normalized spacial score (nSPS) is 20.4. The molecule has 2 N–H and O–H groups in total. The van der Waals surface area contributed by atoms with Gasteiger partial charge in [0.15, 0.2) is 0 Å². The van der Waals surface area contributed by atoms with E-state index in [2.05, 4.69) is 9.47 Å². The van der Waals surface area contributed by atoms with Gasteiger partial charge in [-0.25, -0.2) is 4.79 Å². The van der Waals surface area contributed by atoms with E-state index in [1.807, 2.05) is 0 Å². The molecule has 0 bridgehead atoms. The van der Waals surface area contributed by atoms with Crippen molar-refractivity contribution < 1.29 is 45.0 Å². The summed E-state index contributed by atoms with van der Waals surface area (Å²) in [6.45, 7) is 0. The van der Waals surface area contributed by atoms with E-state index < -0.39 is 59.4 Å². The van der Waals surface area contributed by atoms with Crippen molar-refractivity contribution in [3.8, 4) is 0 Å². The van der Waals surface area contributed by atoms with E-state index in [0.717, 1.165) is 14.2 Å². The highest BCUT2D eigenvalue weighted by Crippen LogP contribution is 2.46. The first kappa shape index (κ1) is 21.8. The second kappa shape index (κ2) is 7.83. The van der Waals surface area contributed by atoms with E-state index in [4.69, 9.17) is 0 Å². The molecule has 2 atom stereocenters. The molecule has 0 fully saturated rings. The number of rotatable bonds is 5. The molecule has 1 aromatic rings. The lowest BCUT2D eigenvalue weighted by Gasteiger charge is -2.31.